The smallest absolute Gasteiger partial charge is 0.184 e. The van der Waals surface area contributed by atoms with Crippen molar-refractivity contribution in [2.24, 2.45) is 7.05 Å². The quantitative estimate of drug-likeness (QED) is 0.675. The highest BCUT2D eigenvalue weighted by Gasteiger charge is 2.15. The number of nitrogens with zero attached hydrogens (tertiary/aromatic N) is 2. The molecule has 0 bridgehead atoms. The fraction of sp³-hybridized carbons (Fsp3) is 0.235. The van der Waals surface area contributed by atoms with Crippen LogP contribution in [-0.2, 0) is 13.6 Å². The molecular weight excluding hydrogens is 267 g/mol. The van der Waals surface area contributed by atoms with Crippen LogP contribution in [0, 0.1) is 19.7 Å². The Morgan fingerprint density at radius 3 is 2.67 bits per heavy atom. The predicted octanol–water partition coefficient (Wildman–Crippen LogP) is 3.62. The van der Waals surface area contributed by atoms with Gasteiger partial charge in [-0.15, -0.1) is 0 Å². The van der Waals surface area contributed by atoms with E-state index in [4.69, 9.17) is 0 Å². The number of aromatic nitrogens is 2. The topological polar surface area (TPSA) is 26.9 Å². The molecule has 0 aliphatic rings. The van der Waals surface area contributed by atoms with Crippen molar-refractivity contribution in [3.8, 4) is 0 Å². The van der Waals surface area contributed by atoms with E-state index in [0.717, 1.165) is 22.5 Å². The molecule has 2 heterocycles. The third-order valence-corrected chi connectivity index (χ3v) is 4.15. The summed E-state index contributed by atoms with van der Waals surface area (Å²) >= 11 is 0. The van der Waals surface area contributed by atoms with E-state index in [0.29, 0.717) is 5.39 Å². The van der Waals surface area contributed by atoms with Crippen molar-refractivity contribution in [3.63, 3.8) is 0 Å². The molecule has 21 heavy (non-hydrogen) atoms. The Hall–Kier alpha value is -2.36. The molecule has 0 unspecified atom stereocenters. The van der Waals surface area contributed by atoms with Gasteiger partial charge in [0.15, 0.2) is 5.78 Å². The summed E-state index contributed by atoms with van der Waals surface area (Å²) in [6.45, 7) is 4.13. The number of aryl methyl sites for hydroxylation is 1. The van der Waals surface area contributed by atoms with Crippen LogP contribution in [0.2, 0.25) is 0 Å². The Bertz CT molecular complexity index is 842. The molecule has 1 aromatic carbocycles. The third kappa shape index (κ3) is 2.17. The van der Waals surface area contributed by atoms with Crippen LogP contribution in [0.15, 0.2) is 36.5 Å². The van der Waals surface area contributed by atoms with Gasteiger partial charge in [0.05, 0.1) is 12.1 Å². The van der Waals surface area contributed by atoms with Gasteiger partial charge in [-0.25, -0.2) is 4.39 Å². The maximum absolute atomic E-state index is 13.7. The molecule has 0 spiro atoms. The van der Waals surface area contributed by atoms with E-state index in [9.17, 15) is 9.18 Å². The molecule has 2 aromatic heterocycles. The van der Waals surface area contributed by atoms with Gasteiger partial charge < -0.3 is 9.13 Å². The lowest BCUT2D eigenvalue weighted by molar-refractivity contribution is 0.0973. The zero-order chi connectivity index (χ0) is 15.1. The number of fused-ring (bicyclic) bond motifs is 1. The van der Waals surface area contributed by atoms with Crippen molar-refractivity contribution in [2.75, 3.05) is 0 Å². The second kappa shape index (κ2) is 4.88. The first-order valence-electron chi connectivity index (χ1n) is 6.88. The lowest BCUT2D eigenvalue weighted by Crippen LogP contribution is -2.10. The number of carbonyl (C=O) groups excluding carboxylic acids is 1. The Balaban J connectivity index is 1.97. The van der Waals surface area contributed by atoms with Crippen LogP contribution in [0.5, 0.6) is 0 Å². The number of carbonyl (C=O) groups is 1. The average molecular weight is 284 g/mol. The highest BCUT2D eigenvalue weighted by Crippen LogP contribution is 2.20. The van der Waals surface area contributed by atoms with Gasteiger partial charge >= 0.3 is 0 Å². The average Bonchev–Trinajstić information content (AvgIpc) is 2.97. The van der Waals surface area contributed by atoms with Crippen molar-refractivity contribution in [1.82, 2.24) is 9.13 Å². The number of Topliss-reactive ketones (excluding diaryl/α,β-unsaturated/α-hetero) is 1. The van der Waals surface area contributed by atoms with Crippen LogP contribution in [0.3, 0.4) is 0 Å². The van der Waals surface area contributed by atoms with Gasteiger partial charge in [0.2, 0.25) is 0 Å². The fourth-order valence-corrected chi connectivity index (χ4v) is 2.70. The molecule has 3 nitrogen and oxygen atoms in total. The predicted molar refractivity (Wildman–Crippen MR) is 81.1 cm³/mol. The van der Waals surface area contributed by atoms with Gasteiger partial charge in [-0.2, -0.15) is 0 Å². The minimum Gasteiger partial charge on any atom is -0.351 e. The SMILES string of the molecule is Cc1cc(C(=O)Cn2ccc3c(F)cccc32)c(C)n1C. The van der Waals surface area contributed by atoms with Gasteiger partial charge in [0, 0.05) is 35.6 Å². The molecule has 0 aliphatic carbocycles. The molecule has 0 aliphatic heterocycles. The van der Waals surface area contributed by atoms with Crippen molar-refractivity contribution in [1.29, 1.82) is 0 Å². The highest BCUT2D eigenvalue weighted by atomic mass is 19.1. The monoisotopic (exact) mass is 284 g/mol. The number of halogens is 1. The molecule has 0 atom stereocenters. The summed E-state index contributed by atoms with van der Waals surface area (Å²) in [7, 11) is 1.95. The summed E-state index contributed by atoms with van der Waals surface area (Å²) < 4.78 is 17.5. The van der Waals surface area contributed by atoms with Gasteiger partial charge in [-0.3, -0.25) is 4.79 Å². The van der Waals surface area contributed by atoms with Gasteiger partial charge in [-0.05, 0) is 38.1 Å². The molecule has 0 fully saturated rings. The lowest BCUT2D eigenvalue weighted by atomic mass is 10.1. The zero-order valence-electron chi connectivity index (χ0n) is 12.4. The Labute approximate surface area is 122 Å². The lowest BCUT2D eigenvalue weighted by Gasteiger charge is -2.05. The van der Waals surface area contributed by atoms with Crippen LogP contribution >= 0.6 is 0 Å². The van der Waals surface area contributed by atoms with Gasteiger partial charge in [0.25, 0.3) is 0 Å². The first-order valence-corrected chi connectivity index (χ1v) is 6.88. The molecule has 0 N–H and O–H groups in total. The van der Waals surface area contributed by atoms with E-state index < -0.39 is 0 Å². The fourth-order valence-electron chi connectivity index (χ4n) is 2.70. The summed E-state index contributed by atoms with van der Waals surface area (Å²) in [6.07, 6.45) is 1.76. The van der Waals surface area contributed by atoms with Crippen LogP contribution in [0.4, 0.5) is 4.39 Å². The normalized spacial score (nSPS) is 11.2. The summed E-state index contributed by atoms with van der Waals surface area (Å²) in [5.41, 5.74) is 3.49. The number of hydrogen-bond donors (Lipinski definition) is 0. The van der Waals surface area contributed by atoms with Crippen molar-refractivity contribution in [2.45, 2.75) is 20.4 Å². The van der Waals surface area contributed by atoms with E-state index in [-0.39, 0.29) is 18.1 Å². The Morgan fingerprint density at radius 1 is 1.24 bits per heavy atom. The van der Waals surface area contributed by atoms with E-state index in [1.165, 1.54) is 6.07 Å². The number of benzene rings is 1. The number of ketones is 1. The summed E-state index contributed by atoms with van der Waals surface area (Å²) in [5.74, 6) is -0.219. The molecule has 108 valence electrons. The minimum absolute atomic E-state index is 0.0398. The van der Waals surface area contributed by atoms with Crippen molar-refractivity contribution < 1.29 is 9.18 Å². The number of hydrogen-bond acceptors (Lipinski definition) is 1. The van der Waals surface area contributed by atoms with Crippen LogP contribution in [0.1, 0.15) is 21.7 Å². The van der Waals surface area contributed by atoms with E-state index >= 15 is 0 Å². The van der Waals surface area contributed by atoms with Gasteiger partial charge in [0.1, 0.15) is 5.82 Å². The van der Waals surface area contributed by atoms with Crippen molar-refractivity contribution >= 4 is 16.7 Å². The molecule has 3 rings (SSSR count). The third-order valence-electron chi connectivity index (χ3n) is 4.15. The molecule has 0 radical (unpaired) electrons. The largest absolute Gasteiger partial charge is 0.351 e. The molecule has 0 saturated carbocycles. The second-order valence-corrected chi connectivity index (χ2v) is 5.38. The first kappa shape index (κ1) is 13.6. The van der Waals surface area contributed by atoms with Crippen molar-refractivity contribution in [3.05, 3.63) is 59.3 Å². The second-order valence-electron chi connectivity index (χ2n) is 5.38. The Kier molecular flexibility index (Phi) is 3.16. The maximum Gasteiger partial charge on any atom is 0.184 e. The molecule has 0 saturated heterocycles. The zero-order valence-corrected chi connectivity index (χ0v) is 12.4. The molecule has 0 amide bonds. The molecular formula is C17H17FN2O. The summed E-state index contributed by atoms with van der Waals surface area (Å²) in [6, 6.07) is 8.54. The van der Waals surface area contributed by atoms with Crippen LogP contribution < -0.4 is 0 Å². The number of rotatable bonds is 3. The Morgan fingerprint density at radius 2 is 2.00 bits per heavy atom. The maximum atomic E-state index is 13.7. The van der Waals surface area contributed by atoms with Crippen LogP contribution in [-0.4, -0.2) is 14.9 Å². The van der Waals surface area contributed by atoms with Crippen LogP contribution in [0.25, 0.3) is 10.9 Å². The van der Waals surface area contributed by atoms with Gasteiger partial charge in [-0.1, -0.05) is 6.07 Å². The standard InChI is InChI=1S/C17H17FN2O/c1-11-9-14(12(2)19(11)3)17(21)10-20-8-7-13-15(18)5-4-6-16(13)20/h4-9H,10H2,1-3H3. The molecule has 3 aromatic rings. The first-order chi connectivity index (χ1) is 9.99. The van der Waals surface area contributed by atoms with E-state index in [2.05, 4.69) is 0 Å². The highest BCUT2D eigenvalue weighted by molar-refractivity contribution is 5.98. The minimum atomic E-state index is -0.259. The summed E-state index contributed by atoms with van der Waals surface area (Å²) in [5, 5.41) is 0.547. The van der Waals surface area contributed by atoms with E-state index in [1.54, 1.807) is 22.9 Å². The van der Waals surface area contributed by atoms with E-state index in [1.807, 2.05) is 37.6 Å². The summed E-state index contributed by atoms with van der Waals surface area (Å²) in [4.78, 5) is 12.5. The molecule has 4 heteroatoms.